The maximum absolute atomic E-state index is 5.79. The zero-order valence-corrected chi connectivity index (χ0v) is 11.9. The van der Waals surface area contributed by atoms with Gasteiger partial charge in [0.05, 0.1) is 0 Å². The lowest BCUT2D eigenvalue weighted by molar-refractivity contribution is 0.142. The molecule has 1 fully saturated rings. The number of nitrogens with zero attached hydrogens (tertiary/aromatic N) is 2. The number of hydrogen-bond donors (Lipinski definition) is 1. The van der Waals surface area contributed by atoms with Crippen molar-refractivity contribution in [2.45, 2.75) is 6.10 Å². The fourth-order valence-electron chi connectivity index (χ4n) is 2.26. The Morgan fingerprint density at radius 3 is 2.41 bits per heavy atom. The third-order valence-corrected chi connectivity index (χ3v) is 3.61. The van der Waals surface area contributed by atoms with Crippen molar-refractivity contribution in [2.24, 2.45) is 0 Å². The first-order valence-electron chi connectivity index (χ1n) is 7.25. The summed E-state index contributed by atoms with van der Waals surface area (Å²) in [6, 6.07) is 17.5. The molecule has 0 aliphatic carbocycles. The van der Waals surface area contributed by atoms with Crippen LogP contribution in [0.2, 0.25) is 0 Å². The topological polar surface area (TPSA) is 60.2 Å². The molecule has 0 unspecified atom stereocenters. The van der Waals surface area contributed by atoms with Crippen LogP contribution >= 0.6 is 0 Å². The molecule has 2 aromatic carbocycles. The zero-order chi connectivity index (χ0) is 14.8. The lowest BCUT2D eigenvalue weighted by Crippen LogP contribution is -2.50. The highest BCUT2D eigenvalue weighted by atomic mass is 16.5. The van der Waals surface area contributed by atoms with Gasteiger partial charge in [0.15, 0.2) is 0 Å². The molecule has 1 aliphatic heterocycles. The molecule has 2 heterocycles. The Kier molecular flexibility index (Phi) is 3.33. The quantitative estimate of drug-likeness (QED) is 0.801. The van der Waals surface area contributed by atoms with Crippen molar-refractivity contribution >= 4 is 0 Å². The molecule has 1 aromatic heterocycles. The summed E-state index contributed by atoms with van der Waals surface area (Å²) in [5.74, 6) is 1.96. The van der Waals surface area contributed by atoms with Crippen LogP contribution < -0.4 is 10.1 Å². The first-order chi connectivity index (χ1) is 10.9. The number of ether oxygens (including phenoxy) is 1. The van der Waals surface area contributed by atoms with Gasteiger partial charge in [0.1, 0.15) is 11.9 Å². The van der Waals surface area contributed by atoms with E-state index in [4.69, 9.17) is 9.26 Å². The standard InChI is InChI=1S/C17H15N3O2/c1-2-4-12(5-3-1)16-19-17(22-20-16)13-6-8-14(9-7-13)21-15-10-18-11-15/h1-9,15,18H,10-11H2. The van der Waals surface area contributed by atoms with Gasteiger partial charge in [-0.2, -0.15) is 4.98 Å². The van der Waals surface area contributed by atoms with Gasteiger partial charge in [-0.15, -0.1) is 0 Å². The third-order valence-electron chi connectivity index (χ3n) is 3.61. The molecule has 5 heteroatoms. The maximum Gasteiger partial charge on any atom is 0.258 e. The van der Waals surface area contributed by atoms with E-state index in [1.807, 2.05) is 54.6 Å². The lowest BCUT2D eigenvalue weighted by Gasteiger charge is -2.27. The number of rotatable bonds is 4. The van der Waals surface area contributed by atoms with Gasteiger partial charge >= 0.3 is 0 Å². The largest absolute Gasteiger partial charge is 0.488 e. The Bertz CT molecular complexity index is 749. The van der Waals surface area contributed by atoms with Crippen LogP contribution in [-0.2, 0) is 0 Å². The highest BCUT2D eigenvalue weighted by molar-refractivity contribution is 5.60. The summed E-state index contributed by atoms with van der Waals surface area (Å²) in [5, 5.41) is 7.21. The van der Waals surface area contributed by atoms with Crippen molar-refractivity contribution in [3.63, 3.8) is 0 Å². The van der Waals surface area contributed by atoms with Crippen LogP contribution in [-0.4, -0.2) is 29.3 Å². The predicted molar refractivity (Wildman–Crippen MR) is 82.5 cm³/mol. The summed E-state index contributed by atoms with van der Waals surface area (Å²) >= 11 is 0. The number of nitrogens with one attached hydrogen (secondary N) is 1. The molecule has 110 valence electrons. The molecule has 1 aliphatic rings. The van der Waals surface area contributed by atoms with Crippen LogP contribution in [0.3, 0.4) is 0 Å². The van der Waals surface area contributed by atoms with E-state index in [0.29, 0.717) is 11.7 Å². The second-order valence-corrected chi connectivity index (χ2v) is 5.21. The minimum absolute atomic E-state index is 0.277. The van der Waals surface area contributed by atoms with Gasteiger partial charge in [-0.3, -0.25) is 0 Å². The molecule has 0 bridgehead atoms. The summed E-state index contributed by atoms with van der Waals surface area (Å²) in [6.07, 6.45) is 0.277. The molecule has 1 saturated heterocycles. The highest BCUT2D eigenvalue weighted by Gasteiger charge is 2.18. The van der Waals surface area contributed by atoms with Crippen molar-refractivity contribution in [3.05, 3.63) is 54.6 Å². The van der Waals surface area contributed by atoms with E-state index in [2.05, 4.69) is 15.5 Å². The van der Waals surface area contributed by atoms with Crippen molar-refractivity contribution in [3.8, 4) is 28.6 Å². The van der Waals surface area contributed by atoms with Crippen LogP contribution in [0.5, 0.6) is 5.75 Å². The Morgan fingerprint density at radius 1 is 0.955 bits per heavy atom. The zero-order valence-electron chi connectivity index (χ0n) is 11.9. The van der Waals surface area contributed by atoms with Gasteiger partial charge in [0, 0.05) is 24.2 Å². The van der Waals surface area contributed by atoms with E-state index in [1.54, 1.807) is 0 Å². The SMILES string of the molecule is c1ccc(-c2noc(-c3ccc(OC4CNC4)cc3)n2)cc1. The highest BCUT2D eigenvalue weighted by Crippen LogP contribution is 2.24. The molecule has 4 rings (SSSR count). The Labute approximate surface area is 127 Å². The smallest absolute Gasteiger partial charge is 0.258 e. The molecule has 0 saturated carbocycles. The Morgan fingerprint density at radius 2 is 1.73 bits per heavy atom. The molecule has 0 radical (unpaired) electrons. The predicted octanol–water partition coefficient (Wildman–Crippen LogP) is 2.75. The van der Waals surface area contributed by atoms with E-state index >= 15 is 0 Å². The molecular weight excluding hydrogens is 278 g/mol. The Hall–Kier alpha value is -2.66. The van der Waals surface area contributed by atoms with Gasteiger partial charge in [0.25, 0.3) is 5.89 Å². The van der Waals surface area contributed by atoms with Gasteiger partial charge < -0.3 is 14.6 Å². The molecule has 3 aromatic rings. The summed E-state index contributed by atoms with van der Waals surface area (Å²) in [6.45, 7) is 1.82. The molecule has 1 N–H and O–H groups in total. The second-order valence-electron chi connectivity index (χ2n) is 5.21. The Balaban J connectivity index is 1.53. The molecule has 0 spiro atoms. The van der Waals surface area contributed by atoms with E-state index in [-0.39, 0.29) is 6.10 Å². The summed E-state index contributed by atoms with van der Waals surface area (Å²) < 4.78 is 11.1. The van der Waals surface area contributed by atoms with E-state index in [0.717, 1.165) is 30.0 Å². The fraction of sp³-hybridized carbons (Fsp3) is 0.176. The molecule has 5 nitrogen and oxygen atoms in total. The van der Waals surface area contributed by atoms with Crippen LogP contribution in [0.15, 0.2) is 59.1 Å². The third kappa shape index (κ3) is 2.58. The van der Waals surface area contributed by atoms with Crippen LogP contribution in [0.1, 0.15) is 0 Å². The molecular formula is C17H15N3O2. The molecule has 22 heavy (non-hydrogen) atoms. The number of aromatic nitrogens is 2. The van der Waals surface area contributed by atoms with Gasteiger partial charge in [0.2, 0.25) is 5.82 Å². The van der Waals surface area contributed by atoms with Gasteiger partial charge in [-0.1, -0.05) is 35.5 Å². The summed E-state index contributed by atoms with van der Waals surface area (Å²) in [4.78, 5) is 4.44. The van der Waals surface area contributed by atoms with Crippen molar-refractivity contribution in [1.82, 2.24) is 15.5 Å². The van der Waals surface area contributed by atoms with E-state index < -0.39 is 0 Å². The normalized spacial score (nSPS) is 14.5. The molecule has 0 atom stereocenters. The van der Waals surface area contributed by atoms with Crippen molar-refractivity contribution in [2.75, 3.05) is 13.1 Å². The summed E-state index contributed by atoms with van der Waals surface area (Å²) in [5.41, 5.74) is 1.82. The monoisotopic (exact) mass is 293 g/mol. The van der Waals surface area contributed by atoms with E-state index in [1.165, 1.54) is 0 Å². The van der Waals surface area contributed by atoms with Gasteiger partial charge in [-0.25, -0.2) is 0 Å². The average Bonchev–Trinajstić information content (AvgIpc) is 3.02. The first kappa shape index (κ1) is 13.0. The van der Waals surface area contributed by atoms with Gasteiger partial charge in [-0.05, 0) is 24.3 Å². The minimum Gasteiger partial charge on any atom is -0.488 e. The van der Waals surface area contributed by atoms with Crippen molar-refractivity contribution in [1.29, 1.82) is 0 Å². The van der Waals surface area contributed by atoms with Crippen LogP contribution in [0.25, 0.3) is 22.8 Å². The minimum atomic E-state index is 0.277. The van der Waals surface area contributed by atoms with E-state index in [9.17, 15) is 0 Å². The first-order valence-corrected chi connectivity index (χ1v) is 7.25. The molecule has 0 amide bonds. The lowest BCUT2D eigenvalue weighted by atomic mass is 10.2. The average molecular weight is 293 g/mol. The van der Waals surface area contributed by atoms with Crippen LogP contribution in [0, 0.1) is 0 Å². The maximum atomic E-state index is 5.79. The summed E-state index contributed by atoms with van der Waals surface area (Å²) in [7, 11) is 0. The number of hydrogen-bond acceptors (Lipinski definition) is 5. The van der Waals surface area contributed by atoms with Crippen LogP contribution in [0.4, 0.5) is 0 Å². The second kappa shape index (κ2) is 5.61. The fourth-order valence-corrected chi connectivity index (χ4v) is 2.26. The van der Waals surface area contributed by atoms with Crippen molar-refractivity contribution < 1.29 is 9.26 Å². The number of benzene rings is 2.